The van der Waals surface area contributed by atoms with Gasteiger partial charge in [0, 0.05) is 25.7 Å². The van der Waals surface area contributed by atoms with Crippen LogP contribution in [0.2, 0.25) is 0 Å². The molecule has 0 bridgehead atoms. The molecule has 1 amide bonds. The molecule has 1 saturated heterocycles. The second kappa shape index (κ2) is 7.44. The summed E-state index contributed by atoms with van der Waals surface area (Å²) in [6, 6.07) is 8.30. The fourth-order valence-electron chi connectivity index (χ4n) is 3.15. The zero-order valence-electron chi connectivity index (χ0n) is 13.9. The highest BCUT2D eigenvalue weighted by molar-refractivity contribution is 5.78. The number of nitrogens with zero attached hydrogens (tertiary/aromatic N) is 3. The number of hydrogen-bond donors (Lipinski definition) is 2. The van der Waals surface area contributed by atoms with Gasteiger partial charge in [-0.05, 0) is 25.3 Å². The van der Waals surface area contributed by atoms with Gasteiger partial charge in [0.05, 0.1) is 6.54 Å². The van der Waals surface area contributed by atoms with Gasteiger partial charge in [0.2, 0.25) is 5.91 Å². The molecule has 7 nitrogen and oxygen atoms in total. The van der Waals surface area contributed by atoms with Gasteiger partial charge in [-0.3, -0.25) is 14.3 Å². The van der Waals surface area contributed by atoms with Gasteiger partial charge in [0.1, 0.15) is 6.33 Å². The number of H-pyrrole nitrogens is 1. The van der Waals surface area contributed by atoms with Gasteiger partial charge in [-0.25, -0.2) is 9.89 Å². The molecule has 3 rings (SSSR count). The third-order valence-electron chi connectivity index (χ3n) is 4.47. The predicted molar refractivity (Wildman–Crippen MR) is 90.6 cm³/mol. The Morgan fingerprint density at radius 2 is 2.17 bits per heavy atom. The smallest absolute Gasteiger partial charge is 0.343 e. The molecule has 1 aliphatic rings. The Balaban J connectivity index is 1.43. The van der Waals surface area contributed by atoms with Gasteiger partial charge in [0.25, 0.3) is 0 Å². The summed E-state index contributed by atoms with van der Waals surface area (Å²) < 4.78 is 1.65. The maximum atomic E-state index is 12.1. The molecule has 0 saturated carbocycles. The van der Waals surface area contributed by atoms with Crippen LogP contribution < -0.4 is 11.0 Å². The standard InChI is InChI=1S/C17H23N5O2/c1-13-3-2-4-14(9-13)10-18-16(23)11-21-7-5-15(6-8-21)22-12-19-20-17(22)24/h2-4,9,12,15H,5-8,10-11H2,1H3,(H,18,23)(H,20,24). The number of carbonyl (C=O) groups excluding carboxylic acids is 1. The summed E-state index contributed by atoms with van der Waals surface area (Å²) in [5.41, 5.74) is 2.14. The minimum absolute atomic E-state index is 0.0374. The fourth-order valence-corrected chi connectivity index (χ4v) is 3.15. The van der Waals surface area contributed by atoms with Gasteiger partial charge >= 0.3 is 5.69 Å². The highest BCUT2D eigenvalue weighted by Crippen LogP contribution is 2.20. The molecule has 0 aliphatic carbocycles. The molecule has 0 atom stereocenters. The normalized spacial score (nSPS) is 16.2. The van der Waals surface area contributed by atoms with Crippen molar-refractivity contribution in [2.45, 2.75) is 32.4 Å². The first-order valence-electron chi connectivity index (χ1n) is 8.28. The Morgan fingerprint density at radius 1 is 1.38 bits per heavy atom. The fraction of sp³-hybridized carbons (Fsp3) is 0.471. The van der Waals surface area contributed by atoms with Gasteiger partial charge in [-0.2, -0.15) is 5.10 Å². The van der Waals surface area contributed by atoms with Crippen molar-refractivity contribution in [2.24, 2.45) is 0 Å². The SMILES string of the molecule is Cc1cccc(CNC(=O)CN2CCC(n3cn[nH]c3=O)CC2)c1. The number of carbonyl (C=O) groups is 1. The minimum atomic E-state index is -0.163. The van der Waals surface area contributed by atoms with Crippen molar-refractivity contribution in [3.05, 3.63) is 52.2 Å². The van der Waals surface area contributed by atoms with E-state index in [2.05, 4.69) is 26.5 Å². The van der Waals surface area contributed by atoms with E-state index in [4.69, 9.17) is 0 Å². The summed E-state index contributed by atoms with van der Waals surface area (Å²) in [5.74, 6) is 0.0374. The first kappa shape index (κ1) is 16.4. The van der Waals surface area contributed by atoms with Gasteiger partial charge < -0.3 is 5.32 Å². The molecule has 0 radical (unpaired) electrons. The van der Waals surface area contributed by atoms with Crippen molar-refractivity contribution in [2.75, 3.05) is 19.6 Å². The zero-order chi connectivity index (χ0) is 16.9. The highest BCUT2D eigenvalue weighted by atomic mass is 16.2. The summed E-state index contributed by atoms with van der Waals surface area (Å²) >= 11 is 0. The first-order valence-corrected chi connectivity index (χ1v) is 8.28. The molecule has 1 aliphatic heterocycles. The Bertz CT molecular complexity index is 743. The van der Waals surface area contributed by atoms with Crippen molar-refractivity contribution >= 4 is 5.91 Å². The Kier molecular flexibility index (Phi) is 5.10. The molecule has 2 aromatic rings. The lowest BCUT2D eigenvalue weighted by Gasteiger charge is -2.31. The number of likely N-dealkylation sites (tertiary alicyclic amines) is 1. The number of rotatable bonds is 5. The summed E-state index contributed by atoms with van der Waals surface area (Å²) in [6.45, 7) is 4.61. The van der Waals surface area contributed by atoms with Crippen LogP contribution >= 0.6 is 0 Å². The molecule has 1 aromatic carbocycles. The third-order valence-corrected chi connectivity index (χ3v) is 4.47. The second-order valence-corrected chi connectivity index (χ2v) is 6.34. The lowest BCUT2D eigenvalue weighted by atomic mass is 10.1. The predicted octanol–water partition coefficient (Wildman–Crippen LogP) is 0.833. The molecule has 128 valence electrons. The Morgan fingerprint density at radius 3 is 2.83 bits per heavy atom. The van der Waals surface area contributed by atoms with E-state index < -0.39 is 0 Å². The number of piperidine rings is 1. The number of aromatic amines is 1. The average Bonchev–Trinajstić information content (AvgIpc) is 3.00. The van der Waals surface area contributed by atoms with Gasteiger partial charge in [-0.1, -0.05) is 29.8 Å². The molecular formula is C17H23N5O2. The van der Waals surface area contributed by atoms with Crippen molar-refractivity contribution in [3.8, 4) is 0 Å². The number of amides is 1. The van der Waals surface area contributed by atoms with Crippen LogP contribution in [0, 0.1) is 6.92 Å². The number of aromatic nitrogens is 3. The molecule has 0 spiro atoms. The van der Waals surface area contributed by atoms with Crippen molar-refractivity contribution in [1.29, 1.82) is 0 Å². The number of aryl methyl sites for hydroxylation is 1. The molecule has 24 heavy (non-hydrogen) atoms. The average molecular weight is 329 g/mol. The molecule has 0 unspecified atom stereocenters. The number of hydrogen-bond acceptors (Lipinski definition) is 4. The quantitative estimate of drug-likeness (QED) is 0.851. The van der Waals surface area contributed by atoms with Crippen LogP contribution in [0.3, 0.4) is 0 Å². The zero-order valence-corrected chi connectivity index (χ0v) is 13.9. The number of benzene rings is 1. The maximum Gasteiger partial charge on any atom is 0.343 e. The van der Waals surface area contributed by atoms with E-state index in [1.165, 1.54) is 5.56 Å². The number of nitrogens with one attached hydrogen (secondary N) is 2. The van der Waals surface area contributed by atoms with Gasteiger partial charge in [-0.15, -0.1) is 0 Å². The molecule has 7 heteroatoms. The summed E-state index contributed by atoms with van der Waals surface area (Å²) in [5, 5.41) is 9.17. The van der Waals surface area contributed by atoms with Crippen LogP contribution in [-0.2, 0) is 11.3 Å². The Labute approximate surface area is 140 Å². The van der Waals surface area contributed by atoms with Crippen molar-refractivity contribution in [1.82, 2.24) is 25.0 Å². The van der Waals surface area contributed by atoms with Crippen LogP contribution in [0.25, 0.3) is 0 Å². The molecular weight excluding hydrogens is 306 g/mol. The largest absolute Gasteiger partial charge is 0.351 e. The van der Waals surface area contributed by atoms with Crippen LogP contribution in [0.4, 0.5) is 0 Å². The van der Waals surface area contributed by atoms with Crippen LogP contribution in [-0.4, -0.2) is 45.2 Å². The van der Waals surface area contributed by atoms with Crippen molar-refractivity contribution in [3.63, 3.8) is 0 Å². The van der Waals surface area contributed by atoms with Crippen LogP contribution in [0.5, 0.6) is 0 Å². The van der Waals surface area contributed by atoms with E-state index in [0.717, 1.165) is 31.5 Å². The maximum absolute atomic E-state index is 12.1. The van der Waals surface area contributed by atoms with Crippen LogP contribution in [0.15, 0.2) is 35.4 Å². The van der Waals surface area contributed by atoms with Gasteiger partial charge in [0.15, 0.2) is 0 Å². The van der Waals surface area contributed by atoms with E-state index in [9.17, 15) is 9.59 Å². The topological polar surface area (TPSA) is 83.0 Å². The summed E-state index contributed by atoms with van der Waals surface area (Å²) in [7, 11) is 0. The Hall–Kier alpha value is -2.41. The first-order chi connectivity index (χ1) is 11.6. The molecule has 1 fully saturated rings. The van der Waals surface area contributed by atoms with E-state index in [0.29, 0.717) is 13.1 Å². The lowest BCUT2D eigenvalue weighted by Crippen LogP contribution is -2.42. The third kappa shape index (κ3) is 4.11. The summed E-state index contributed by atoms with van der Waals surface area (Å²) in [6.07, 6.45) is 3.26. The monoisotopic (exact) mass is 329 g/mol. The summed E-state index contributed by atoms with van der Waals surface area (Å²) in [4.78, 5) is 25.8. The van der Waals surface area contributed by atoms with E-state index in [1.54, 1.807) is 10.9 Å². The van der Waals surface area contributed by atoms with E-state index in [1.807, 2.05) is 25.1 Å². The van der Waals surface area contributed by atoms with Crippen LogP contribution in [0.1, 0.15) is 30.0 Å². The molecule has 2 N–H and O–H groups in total. The minimum Gasteiger partial charge on any atom is -0.351 e. The van der Waals surface area contributed by atoms with Crippen molar-refractivity contribution < 1.29 is 4.79 Å². The van der Waals surface area contributed by atoms with E-state index in [-0.39, 0.29) is 17.6 Å². The van der Waals surface area contributed by atoms with E-state index >= 15 is 0 Å². The second-order valence-electron chi connectivity index (χ2n) is 6.34. The lowest BCUT2D eigenvalue weighted by molar-refractivity contribution is -0.122. The molecule has 2 heterocycles. The highest BCUT2D eigenvalue weighted by Gasteiger charge is 2.22. The molecule has 1 aromatic heterocycles.